The van der Waals surface area contributed by atoms with E-state index in [0.717, 1.165) is 29.6 Å². The molecule has 4 rings (SSSR count). The van der Waals surface area contributed by atoms with Crippen LogP contribution in [0.5, 0.6) is 5.75 Å². The molecule has 0 saturated carbocycles. The van der Waals surface area contributed by atoms with Gasteiger partial charge < -0.3 is 15.3 Å². The van der Waals surface area contributed by atoms with Gasteiger partial charge in [0, 0.05) is 37.0 Å². The number of phenolic OH excluding ortho intramolecular Hbond substituents is 1. The fraction of sp³-hybridized carbons (Fsp3) is 0.250. The van der Waals surface area contributed by atoms with Crippen molar-refractivity contribution in [3.05, 3.63) is 54.2 Å². The lowest BCUT2D eigenvalue weighted by molar-refractivity contribution is -0.127. The van der Waals surface area contributed by atoms with Gasteiger partial charge in [-0.3, -0.25) is 9.59 Å². The predicted octanol–water partition coefficient (Wildman–Crippen LogP) is 2.08. The summed E-state index contributed by atoms with van der Waals surface area (Å²) in [5, 5.41) is 17.6. The third-order valence-electron chi connectivity index (χ3n) is 4.74. The maximum Gasteiger partial charge on any atom is 0.251 e. The smallest absolute Gasteiger partial charge is 0.251 e. The first-order chi connectivity index (χ1) is 13.1. The normalized spacial score (nSPS) is 14.1. The highest BCUT2D eigenvalue weighted by atomic mass is 16.3. The summed E-state index contributed by atoms with van der Waals surface area (Å²) < 4.78 is 1.73. The number of carbonyl (C=O) groups excluding carboxylic acids is 2. The first-order valence-corrected chi connectivity index (χ1v) is 8.95. The van der Waals surface area contributed by atoms with Gasteiger partial charge in [-0.25, -0.2) is 4.68 Å². The van der Waals surface area contributed by atoms with Crippen LogP contribution >= 0.6 is 0 Å². The molecule has 7 heteroatoms. The molecule has 27 heavy (non-hydrogen) atoms. The summed E-state index contributed by atoms with van der Waals surface area (Å²) in [5.74, 6) is 0.159. The van der Waals surface area contributed by atoms with Gasteiger partial charge in [-0.2, -0.15) is 5.10 Å². The van der Waals surface area contributed by atoms with E-state index in [2.05, 4.69) is 10.4 Å². The quantitative estimate of drug-likeness (QED) is 0.726. The number of aromatic hydroxyl groups is 1. The predicted molar refractivity (Wildman–Crippen MR) is 101 cm³/mol. The fourth-order valence-corrected chi connectivity index (χ4v) is 3.35. The molecule has 0 unspecified atom stereocenters. The zero-order chi connectivity index (χ0) is 18.8. The van der Waals surface area contributed by atoms with Crippen LogP contribution in [0.3, 0.4) is 0 Å². The summed E-state index contributed by atoms with van der Waals surface area (Å²) in [4.78, 5) is 25.8. The molecule has 1 saturated heterocycles. The van der Waals surface area contributed by atoms with Crippen LogP contribution in [0.4, 0.5) is 0 Å². The van der Waals surface area contributed by atoms with Gasteiger partial charge in [-0.05, 0) is 42.8 Å². The number of hydrogen-bond acceptors (Lipinski definition) is 4. The van der Waals surface area contributed by atoms with Crippen molar-refractivity contribution in [1.82, 2.24) is 20.0 Å². The third kappa shape index (κ3) is 3.48. The first kappa shape index (κ1) is 17.1. The number of phenols is 1. The molecular weight excluding hydrogens is 344 g/mol. The number of amides is 2. The minimum Gasteiger partial charge on any atom is -0.508 e. The first-order valence-electron chi connectivity index (χ1n) is 8.95. The van der Waals surface area contributed by atoms with Crippen LogP contribution in [0, 0.1) is 0 Å². The highest BCUT2D eigenvalue weighted by Gasteiger charge is 2.19. The Hall–Kier alpha value is -3.35. The zero-order valence-electron chi connectivity index (χ0n) is 14.8. The van der Waals surface area contributed by atoms with Gasteiger partial charge in [0.05, 0.1) is 17.4 Å². The van der Waals surface area contributed by atoms with E-state index in [1.54, 1.807) is 46.1 Å². The van der Waals surface area contributed by atoms with E-state index in [9.17, 15) is 14.7 Å². The summed E-state index contributed by atoms with van der Waals surface area (Å²) in [7, 11) is 0. The number of fused-ring (bicyclic) bond motifs is 1. The molecule has 0 spiro atoms. The number of likely N-dealkylation sites (tertiary alicyclic amines) is 1. The number of carbonyl (C=O) groups is 2. The Morgan fingerprint density at radius 1 is 1.22 bits per heavy atom. The molecule has 138 valence electrons. The topological polar surface area (TPSA) is 87.5 Å². The van der Waals surface area contributed by atoms with Crippen LogP contribution in [0.2, 0.25) is 0 Å². The van der Waals surface area contributed by atoms with E-state index in [1.807, 2.05) is 12.1 Å². The van der Waals surface area contributed by atoms with Gasteiger partial charge in [0.25, 0.3) is 5.91 Å². The van der Waals surface area contributed by atoms with Crippen molar-refractivity contribution in [1.29, 1.82) is 0 Å². The highest BCUT2D eigenvalue weighted by Crippen LogP contribution is 2.22. The number of nitrogens with zero attached hydrogens (tertiary/aromatic N) is 3. The summed E-state index contributed by atoms with van der Waals surface area (Å²) in [6.07, 6.45) is 3.17. The van der Waals surface area contributed by atoms with Crippen molar-refractivity contribution in [3.63, 3.8) is 0 Å². The van der Waals surface area contributed by atoms with Crippen LogP contribution in [0.25, 0.3) is 16.6 Å². The van der Waals surface area contributed by atoms with Crippen LogP contribution in [0.15, 0.2) is 48.7 Å². The van der Waals surface area contributed by atoms with Crippen molar-refractivity contribution < 1.29 is 14.7 Å². The Kier molecular flexibility index (Phi) is 4.50. The minimum atomic E-state index is -0.183. The molecule has 1 fully saturated rings. The van der Waals surface area contributed by atoms with E-state index >= 15 is 0 Å². The molecule has 0 aliphatic carbocycles. The fourth-order valence-electron chi connectivity index (χ4n) is 3.35. The molecule has 2 amide bonds. The number of rotatable bonds is 5. The number of benzene rings is 2. The molecule has 1 aliphatic heterocycles. The largest absolute Gasteiger partial charge is 0.508 e. The van der Waals surface area contributed by atoms with Gasteiger partial charge in [0.15, 0.2) is 0 Å². The lowest BCUT2D eigenvalue weighted by atomic mass is 10.2. The monoisotopic (exact) mass is 364 g/mol. The maximum absolute atomic E-state index is 12.5. The van der Waals surface area contributed by atoms with Crippen molar-refractivity contribution in [2.45, 2.75) is 12.8 Å². The second kappa shape index (κ2) is 7.11. The van der Waals surface area contributed by atoms with Gasteiger partial charge in [-0.1, -0.05) is 6.07 Å². The molecule has 1 aromatic heterocycles. The van der Waals surface area contributed by atoms with Gasteiger partial charge in [0.1, 0.15) is 5.75 Å². The molecule has 3 aromatic rings. The lowest BCUT2D eigenvalue weighted by Crippen LogP contribution is -2.35. The number of hydrogen-bond donors (Lipinski definition) is 2. The lowest BCUT2D eigenvalue weighted by Gasteiger charge is -2.15. The molecule has 2 aromatic carbocycles. The SMILES string of the molecule is O=C(NCCN1CCCC1=O)c1cccc(-n2ncc3cc(O)ccc32)c1. The van der Waals surface area contributed by atoms with E-state index in [-0.39, 0.29) is 17.6 Å². The van der Waals surface area contributed by atoms with Crippen molar-refractivity contribution in [2.75, 3.05) is 19.6 Å². The molecule has 1 aliphatic rings. The maximum atomic E-state index is 12.5. The summed E-state index contributed by atoms with van der Waals surface area (Å²) in [5.41, 5.74) is 2.14. The van der Waals surface area contributed by atoms with Crippen molar-refractivity contribution in [2.24, 2.45) is 0 Å². The van der Waals surface area contributed by atoms with Crippen molar-refractivity contribution in [3.8, 4) is 11.4 Å². The summed E-state index contributed by atoms with van der Waals surface area (Å²) >= 11 is 0. The molecule has 2 heterocycles. The molecular formula is C20H20N4O3. The molecule has 2 N–H and O–H groups in total. The Balaban J connectivity index is 1.48. The zero-order valence-corrected chi connectivity index (χ0v) is 14.8. The standard InChI is InChI=1S/C20H20N4O3/c25-17-6-7-18-15(12-17)13-22-24(18)16-4-1-3-14(11-16)20(27)21-8-10-23-9-2-5-19(23)26/h1,3-4,6-7,11-13,25H,2,5,8-10H2,(H,21,27). The summed E-state index contributed by atoms with van der Waals surface area (Å²) in [6, 6.07) is 12.2. The summed E-state index contributed by atoms with van der Waals surface area (Å²) in [6.45, 7) is 1.74. The average Bonchev–Trinajstić information content (AvgIpc) is 3.27. The third-order valence-corrected chi connectivity index (χ3v) is 4.74. The molecule has 0 radical (unpaired) electrons. The van der Waals surface area contributed by atoms with E-state index in [4.69, 9.17) is 0 Å². The number of nitrogens with one attached hydrogen (secondary N) is 1. The van der Waals surface area contributed by atoms with Crippen LogP contribution in [-0.2, 0) is 4.79 Å². The Morgan fingerprint density at radius 3 is 2.93 bits per heavy atom. The minimum absolute atomic E-state index is 0.155. The Bertz CT molecular complexity index is 1010. The molecule has 0 atom stereocenters. The van der Waals surface area contributed by atoms with Gasteiger partial charge in [-0.15, -0.1) is 0 Å². The van der Waals surface area contributed by atoms with Crippen molar-refractivity contribution >= 4 is 22.7 Å². The van der Waals surface area contributed by atoms with E-state index in [1.165, 1.54) is 0 Å². The van der Waals surface area contributed by atoms with Gasteiger partial charge >= 0.3 is 0 Å². The Labute approximate surface area is 156 Å². The average molecular weight is 364 g/mol. The van der Waals surface area contributed by atoms with Crippen LogP contribution in [-0.4, -0.2) is 51.2 Å². The second-order valence-electron chi connectivity index (χ2n) is 6.59. The number of aromatic nitrogens is 2. The van der Waals surface area contributed by atoms with E-state index in [0.29, 0.717) is 25.1 Å². The molecule has 7 nitrogen and oxygen atoms in total. The second-order valence-corrected chi connectivity index (χ2v) is 6.59. The van der Waals surface area contributed by atoms with Crippen LogP contribution in [0.1, 0.15) is 23.2 Å². The molecule has 0 bridgehead atoms. The Morgan fingerprint density at radius 2 is 2.11 bits per heavy atom. The van der Waals surface area contributed by atoms with E-state index < -0.39 is 0 Å². The highest BCUT2D eigenvalue weighted by molar-refractivity contribution is 5.95. The van der Waals surface area contributed by atoms with Crippen LogP contribution < -0.4 is 5.32 Å². The van der Waals surface area contributed by atoms with Gasteiger partial charge in [0.2, 0.25) is 5.91 Å².